The van der Waals surface area contributed by atoms with E-state index in [1.807, 2.05) is 24.4 Å². The lowest BCUT2D eigenvalue weighted by molar-refractivity contribution is 0.225. The molecule has 3 nitrogen and oxygen atoms in total. The standard InChI is InChI=1S/C14H19N3/c1-9-7-12-13(8-10(9)2)17-14(16-12)11-5-3-4-6-15-11/h3-6,9-10,12-13H,7-8H2,1-2H3,(H,16,17). The summed E-state index contributed by atoms with van der Waals surface area (Å²) in [5, 5.41) is 3.55. The largest absolute Gasteiger partial charge is 0.364 e. The predicted octanol–water partition coefficient (Wildman–Crippen LogP) is 2.23. The Bertz CT molecular complexity index is 426. The third kappa shape index (κ3) is 1.94. The number of aromatic nitrogens is 1. The van der Waals surface area contributed by atoms with Crippen LogP contribution in [-0.2, 0) is 0 Å². The molecule has 0 spiro atoms. The predicted molar refractivity (Wildman–Crippen MR) is 69.0 cm³/mol. The lowest BCUT2D eigenvalue weighted by Gasteiger charge is -2.33. The lowest BCUT2D eigenvalue weighted by Crippen LogP contribution is -2.42. The van der Waals surface area contributed by atoms with Crippen LogP contribution in [0.1, 0.15) is 32.4 Å². The number of nitrogens with zero attached hydrogens (tertiary/aromatic N) is 2. The molecule has 1 aliphatic heterocycles. The fourth-order valence-electron chi connectivity index (χ4n) is 2.89. The van der Waals surface area contributed by atoms with Crippen LogP contribution in [0.15, 0.2) is 29.4 Å². The van der Waals surface area contributed by atoms with Crippen molar-refractivity contribution in [3.05, 3.63) is 30.1 Å². The maximum absolute atomic E-state index is 4.81. The van der Waals surface area contributed by atoms with Crippen molar-refractivity contribution < 1.29 is 0 Å². The first-order valence-electron chi connectivity index (χ1n) is 6.50. The SMILES string of the molecule is CC1CC2N=C(c3ccccn3)NC2CC1C. The summed E-state index contributed by atoms with van der Waals surface area (Å²) in [6.07, 6.45) is 4.26. The molecule has 1 aliphatic carbocycles. The molecule has 4 unspecified atom stereocenters. The highest BCUT2D eigenvalue weighted by molar-refractivity contribution is 5.98. The van der Waals surface area contributed by atoms with E-state index in [2.05, 4.69) is 24.1 Å². The van der Waals surface area contributed by atoms with Crippen LogP contribution in [0, 0.1) is 11.8 Å². The Hall–Kier alpha value is -1.38. The van der Waals surface area contributed by atoms with Gasteiger partial charge in [-0.15, -0.1) is 0 Å². The van der Waals surface area contributed by atoms with Crippen LogP contribution in [0.5, 0.6) is 0 Å². The molecule has 3 heteroatoms. The number of hydrogen-bond donors (Lipinski definition) is 1. The molecule has 4 atom stereocenters. The Morgan fingerprint density at radius 1 is 1.18 bits per heavy atom. The van der Waals surface area contributed by atoms with E-state index in [0.717, 1.165) is 23.4 Å². The van der Waals surface area contributed by atoms with Crippen molar-refractivity contribution in [2.45, 2.75) is 38.8 Å². The summed E-state index contributed by atoms with van der Waals surface area (Å²) >= 11 is 0. The van der Waals surface area contributed by atoms with E-state index >= 15 is 0 Å². The maximum atomic E-state index is 4.81. The van der Waals surface area contributed by atoms with E-state index in [1.54, 1.807) is 0 Å². The van der Waals surface area contributed by atoms with Gasteiger partial charge in [-0.25, -0.2) is 0 Å². The fourth-order valence-corrected chi connectivity index (χ4v) is 2.89. The Balaban J connectivity index is 1.81. The van der Waals surface area contributed by atoms with Crippen molar-refractivity contribution in [2.75, 3.05) is 0 Å². The van der Waals surface area contributed by atoms with Gasteiger partial charge in [0.2, 0.25) is 0 Å². The van der Waals surface area contributed by atoms with Gasteiger partial charge in [0, 0.05) is 6.20 Å². The molecular weight excluding hydrogens is 210 g/mol. The molecule has 0 radical (unpaired) electrons. The smallest absolute Gasteiger partial charge is 0.147 e. The molecule has 2 aliphatic rings. The molecule has 0 saturated heterocycles. The summed E-state index contributed by atoms with van der Waals surface area (Å²) < 4.78 is 0. The second kappa shape index (κ2) is 4.13. The minimum Gasteiger partial charge on any atom is -0.364 e. The van der Waals surface area contributed by atoms with Gasteiger partial charge in [0.1, 0.15) is 11.5 Å². The second-order valence-electron chi connectivity index (χ2n) is 5.44. The summed E-state index contributed by atoms with van der Waals surface area (Å²) in [5.41, 5.74) is 0.974. The van der Waals surface area contributed by atoms with Gasteiger partial charge >= 0.3 is 0 Å². The zero-order chi connectivity index (χ0) is 11.8. The molecule has 0 aromatic carbocycles. The van der Waals surface area contributed by atoms with E-state index in [1.165, 1.54) is 12.8 Å². The first-order chi connectivity index (χ1) is 8.24. The summed E-state index contributed by atoms with van der Waals surface area (Å²) in [6, 6.07) is 6.96. The summed E-state index contributed by atoms with van der Waals surface area (Å²) in [5.74, 6) is 2.56. The summed E-state index contributed by atoms with van der Waals surface area (Å²) in [7, 11) is 0. The average molecular weight is 229 g/mol. The van der Waals surface area contributed by atoms with Gasteiger partial charge in [0.25, 0.3) is 0 Å². The van der Waals surface area contributed by atoms with Crippen LogP contribution in [0.4, 0.5) is 0 Å². The molecule has 0 amide bonds. The van der Waals surface area contributed by atoms with Crippen LogP contribution in [0.2, 0.25) is 0 Å². The van der Waals surface area contributed by atoms with Crippen molar-refractivity contribution >= 4 is 5.84 Å². The van der Waals surface area contributed by atoms with Crippen LogP contribution in [-0.4, -0.2) is 22.9 Å². The monoisotopic (exact) mass is 229 g/mol. The van der Waals surface area contributed by atoms with Crippen molar-refractivity contribution in [1.29, 1.82) is 0 Å². The van der Waals surface area contributed by atoms with Crippen LogP contribution in [0.25, 0.3) is 0 Å². The van der Waals surface area contributed by atoms with Crippen molar-refractivity contribution in [1.82, 2.24) is 10.3 Å². The van der Waals surface area contributed by atoms with Crippen molar-refractivity contribution in [3.8, 4) is 0 Å². The number of rotatable bonds is 1. The first-order valence-corrected chi connectivity index (χ1v) is 6.50. The Morgan fingerprint density at radius 3 is 2.76 bits per heavy atom. The minimum atomic E-state index is 0.457. The Kier molecular flexibility index (Phi) is 2.61. The number of nitrogens with one attached hydrogen (secondary N) is 1. The molecular formula is C14H19N3. The van der Waals surface area contributed by atoms with E-state index < -0.39 is 0 Å². The van der Waals surface area contributed by atoms with Crippen LogP contribution >= 0.6 is 0 Å². The van der Waals surface area contributed by atoms with E-state index in [-0.39, 0.29) is 0 Å². The van der Waals surface area contributed by atoms with Gasteiger partial charge < -0.3 is 5.32 Å². The molecule has 90 valence electrons. The molecule has 2 heterocycles. The third-order valence-electron chi connectivity index (χ3n) is 4.20. The first kappa shape index (κ1) is 10.8. The number of amidine groups is 1. The fraction of sp³-hybridized carbons (Fsp3) is 0.571. The van der Waals surface area contributed by atoms with Gasteiger partial charge in [-0.3, -0.25) is 9.98 Å². The minimum absolute atomic E-state index is 0.457. The highest BCUT2D eigenvalue weighted by Gasteiger charge is 2.37. The Morgan fingerprint density at radius 2 is 2.00 bits per heavy atom. The molecule has 1 saturated carbocycles. The number of fused-ring (bicyclic) bond motifs is 1. The average Bonchev–Trinajstić information content (AvgIpc) is 2.74. The molecule has 3 rings (SSSR count). The lowest BCUT2D eigenvalue weighted by atomic mass is 9.77. The van der Waals surface area contributed by atoms with Gasteiger partial charge in [-0.2, -0.15) is 0 Å². The second-order valence-corrected chi connectivity index (χ2v) is 5.44. The molecule has 1 aromatic heterocycles. The van der Waals surface area contributed by atoms with Crippen molar-refractivity contribution in [2.24, 2.45) is 16.8 Å². The van der Waals surface area contributed by atoms with Gasteiger partial charge in [-0.05, 0) is 36.8 Å². The number of pyridine rings is 1. The molecule has 17 heavy (non-hydrogen) atoms. The molecule has 0 bridgehead atoms. The highest BCUT2D eigenvalue weighted by Crippen LogP contribution is 2.33. The van der Waals surface area contributed by atoms with E-state index in [4.69, 9.17) is 4.99 Å². The molecule has 1 fully saturated rings. The topological polar surface area (TPSA) is 37.3 Å². The number of aliphatic imine (C=N–C) groups is 1. The third-order valence-corrected chi connectivity index (χ3v) is 4.20. The van der Waals surface area contributed by atoms with Gasteiger partial charge in [0.05, 0.1) is 12.1 Å². The van der Waals surface area contributed by atoms with E-state index in [9.17, 15) is 0 Å². The summed E-state index contributed by atoms with van der Waals surface area (Å²) in [6.45, 7) is 4.69. The van der Waals surface area contributed by atoms with Gasteiger partial charge in [0.15, 0.2) is 0 Å². The number of hydrogen-bond acceptors (Lipinski definition) is 3. The van der Waals surface area contributed by atoms with E-state index in [0.29, 0.717) is 12.1 Å². The molecule has 1 aromatic rings. The van der Waals surface area contributed by atoms with Crippen molar-refractivity contribution in [3.63, 3.8) is 0 Å². The summed E-state index contributed by atoms with van der Waals surface area (Å²) in [4.78, 5) is 9.17. The Labute approximate surface area is 102 Å². The molecule has 1 N–H and O–H groups in total. The zero-order valence-corrected chi connectivity index (χ0v) is 10.4. The van der Waals surface area contributed by atoms with Crippen LogP contribution < -0.4 is 5.32 Å². The normalized spacial score (nSPS) is 36.0. The quantitative estimate of drug-likeness (QED) is 0.802. The van der Waals surface area contributed by atoms with Gasteiger partial charge in [-0.1, -0.05) is 19.9 Å². The highest BCUT2D eigenvalue weighted by atomic mass is 15.1. The zero-order valence-electron chi connectivity index (χ0n) is 10.4. The maximum Gasteiger partial charge on any atom is 0.147 e. The van der Waals surface area contributed by atoms with Crippen LogP contribution in [0.3, 0.4) is 0 Å².